The highest BCUT2D eigenvalue weighted by molar-refractivity contribution is 5.82. The van der Waals surface area contributed by atoms with Crippen LogP contribution in [0.25, 0.3) is 0 Å². The van der Waals surface area contributed by atoms with Crippen LogP contribution in [0.1, 0.15) is 32.8 Å². The Hall–Kier alpha value is -1.39. The predicted molar refractivity (Wildman–Crippen MR) is 90.3 cm³/mol. The monoisotopic (exact) mass is 303 g/mol. The second-order valence-corrected chi connectivity index (χ2v) is 6.55. The number of rotatable bonds is 6. The van der Waals surface area contributed by atoms with Crippen molar-refractivity contribution in [3.63, 3.8) is 0 Å². The van der Waals surface area contributed by atoms with Gasteiger partial charge in [-0.25, -0.2) is 0 Å². The molecule has 4 heteroatoms. The van der Waals surface area contributed by atoms with E-state index < -0.39 is 0 Å². The van der Waals surface area contributed by atoms with Crippen LogP contribution in [0.2, 0.25) is 0 Å². The first-order chi connectivity index (χ1) is 10.5. The Morgan fingerprint density at radius 1 is 1.36 bits per heavy atom. The molecule has 1 aromatic rings. The number of carbonyl (C=O) groups is 1. The Bertz CT molecular complexity index is 474. The highest BCUT2D eigenvalue weighted by atomic mass is 16.2. The van der Waals surface area contributed by atoms with Crippen LogP contribution < -0.4 is 5.73 Å². The first kappa shape index (κ1) is 17.0. The molecule has 4 nitrogen and oxygen atoms in total. The fraction of sp³-hybridized carbons (Fsp3) is 0.611. The minimum Gasteiger partial charge on any atom is -0.340 e. The van der Waals surface area contributed by atoms with Crippen molar-refractivity contribution in [2.24, 2.45) is 11.7 Å². The normalized spacial score (nSPS) is 19.9. The van der Waals surface area contributed by atoms with E-state index in [0.717, 1.165) is 32.6 Å². The molecule has 22 heavy (non-hydrogen) atoms. The van der Waals surface area contributed by atoms with Gasteiger partial charge in [0.2, 0.25) is 5.91 Å². The minimum atomic E-state index is -0.372. The summed E-state index contributed by atoms with van der Waals surface area (Å²) in [5, 5.41) is 0. The topological polar surface area (TPSA) is 49.6 Å². The lowest BCUT2D eigenvalue weighted by atomic mass is 10.0. The largest absolute Gasteiger partial charge is 0.340 e. The maximum Gasteiger partial charge on any atom is 0.239 e. The number of nitrogens with two attached hydrogens (primary N) is 1. The molecule has 122 valence electrons. The van der Waals surface area contributed by atoms with Gasteiger partial charge in [0.25, 0.3) is 0 Å². The molecule has 1 aliphatic rings. The molecular formula is C18H29N3O. The second-order valence-electron chi connectivity index (χ2n) is 6.55. The van der Waals surface area contributed by atoms with E-state index in [-0.39, 0.29) is 17.9 Å². The van der Waals surface area contributed by atoms with Gasteiger partial charge in [0.15, 0.2) is 0 Å². The van der Waals surface area contributed by atoms with Crippen LogP contribution in [0.3, 0.4) is 0 Å². The average Bonchev–Trinajstić information content (AvgIpc) is 3.01. The van der Waals surface area contributed by atoms with Crippen molar-refractivity contribution in [2.75, 3.05) is 19.6 Å². The molecule has 0 radical (unpaired) electrons. The van der Waals surface area contributed by atoms with Gasteiger partial charge in [-0.1, -0.05) is 51.1 Å². The van der Waals surface area contributed by atoms with Gasteiger partial charge < -0.3 is 10.6 Å². The molecule has 2 rings (SSSR count). The van der Waals surface area contributed by atoms with Crippen LogP contribution in [0.5, 0.6) is 0 Å². The van der Waals surface area contributed by atoms with Gasteiger partial charge in [0.1, 0.15) is 0 Å². The maximum absolute atomic E-state index is 12.4. The van der Waals surface area contributed by atoms with Crippen molar-refractivity contribution in [3.8, 4) is 0 Å². The van der Waals surface area contributed by atoms with Crippen molar-refractivity contribution < 1.29 is 4.79 Å². The van der Waals surface area contributed by atoms with Gasteiger partial charge in [-0.05, 0) is 24.4 Å². The number of likely N-dealkylation sites (N-methyl/N-ethyl adjacent to an activating group) is 1. The minimum absolute atomic E-state index is 0.105. The summed E-state index contributed by atoms with van der Waals surface area (Å²) in [5.41, 5.74) is 7.34. The molecule has 0 spiro atoms. The van der Waals surface area contributed by atoms with Crippen molar-refractivity contribution in [2.45, 2.75) is 45.8 Å². The molecular weight excluding hydrogens is 274 g/mol. The Morgan fingerprint density at radius 3 is 2.64 bits per heavy atom. The lowest BCUT2D eigenvalue weighted by Crippen LogP contribution is -2.47. The van der Waals surface area contributed by atoms with E-state index in [1.54, 1.807) is 0 Å². The Morgan fingerprint density at radius 2 is 2.05 bits per heavy atom. The van der Waals surface area contributed by atoms with E-state index in [1.807, 2.05) is 24.8 Å². The van der Waals surface area contributed by atoms with Crippen LogP contribution in [-0.4, -0.2) is 47.4 Å². The maximum atomic E-state index is 12.4. The Labute approximate surface area is 134 Å². The molecule has 1 unspecified atom stereocenters. The van der Waals surface area contributed by atoms with Crippen LogP contribution in [0.4, 0.5) is 0 Å². The summed E-state index contributed by atoms with van der Waals surface area (Å²) in [5.74, 6) is 0.298. The molecule has 0 aliphatic carbocycles. The van der Waals surface area contributed by atoms with Gasteiger partial charge in [-0.2, -0.15) is 0 Å². The molecule has 1 fully saturated rings. The zero-order valence-electron chi connectivity index (χ0n) is 14.0. The van der Waals surface area contributed by atoms with Crippen LogP contribution in [-0.2, 0) is 11.3 Å². The Kier molecular flexibility index (Phi) is 5.98. The zero-order chi connectivity index (χ0) is 16.1. The third kappa shape index (κ3) is 4.08. The summed E-state index contributed by atoms with van der Waals surface area (Å²) in [6.45, 7) is 9.77. The summed E-state index contributed by atoms with van der Waals surface area (Å²) in [4.78, 5) is 16.8. The first-order valence-electron chi connectivity index (χ1n) is 8.35. The van der Waals surface area contributed by atoms with Gasteiger partial charge in [0.05, 0.1) is 6.04 Å². The summed E-state index contributed by atoms with van der Waals surface area (Å²) < 4.78 is 0. The second kappa shape index (κ2) is 7.75. The van der Waals surface area contributed by atoms with Crippen LogP contribution in [0, 0.1) is 5.92 Å². The molecule has 2 atom stereocenters. The van der Waals surface area contributed by atoms with E-state index in [1.165, 1.54) is 5.56 Å². The molecule has 0 saturated carbocycles. The Balaban J connectivity index is 1.94. The lowest BCUT2D eigenvalue weighted by Gasteiger charge is -2.28. The predicted octanol–water partition coefficient (Wildman–Crippen LogP) is 2.09. The molecule has 2 N–H and O–H groups in total. The number of amides is 1. The van der Waals surface area contributed by atoms with Crippen molar-refractivity contribution in [1.29, 1.82) is 0 Å². The highest BCUT2D eigenvalue weighted by Gasteiger charge is 2.32. The SMILES string of the molecule is CCN(Cc1ccccc1)[C@H]1CCN(C(=O)C(N)C(C)C)C1. The van der Waals surface area contributed by atoms with E-state index in [9.17, 15) is 4.79 Å². The molecule has 1 amide bonds. The van der Waals surface area contributed by atoms with Gasteiger partial charge in [-0.3, -0.25) is 9.69 Å². The van der Waals surface area contributed by atoms with Gasteiger partial charge >= 0.3 is 0 Å². The van der Waals surface area contributed by atoms with E-state index in [4.69, 9.17) is 5.73 Å². The summed E-state index contributed by atoms with van der Waals surface area (Å²) in [6, 6.07) is 10.6. The first-order valence-corrected chi connectivity index (χ1v) is 8.35. The number of hydrogen-bond donors (Lipinski definition) is 1. The van der Waals surface area contributed by atoms with E-state index >= 15 is 0 Å². The quantitative estimate of drug-likeness (QED) is 0.875. The number of nitrogens with zero attached hydrogens (tertiary/aromatic N) is 2. The standard InChI is InChI=1S/C18H29N3O/c1-4-20(12-15-8-6-5-7-9-15)16-10-11-21(13-16)18(22)17(19)14(2)3/h5-9,14,16-17H,4,10-13,19H2,1-3H3/t16-,17?/m0/s1. The molecule has 1 aliphatic heterocycles. The van der Waals surface area contributed by atoms with E-state index in [2.05, 4.69) is 36.1 Å². The average molecular weight is 303 g/mol. The molecule has 1 saturated heterocycles. The van der Waals surface area contributed by atoms with E-state index in [0.29, 0.717) is 6.04 Å². The molecule has 1 heterocycles. The zero-order valence-corrected chi connectivity index (χ0v) is 14.0. The van der Waals surface area contributed by atoms with Gasteiger partial charge in [0, 0.05) is 25.7 Å². The number of likely N-dealkylation sites (tertiary alicyclic amines) is 1. The third-order valence-corrected chi connectivity index (χ3v) is 4.63. The van der Waals surface area contributed by atoms with Crippen molar-refractivity contribution in [3.05, 3.63) is 35.9 Å². The molecule has 1 aromatic carbocycles. The van der Waals surface area contributed by atoms with Crippen LogP contribution in [0.15, 0.2) is 30.3 Å². The molecule has 0 bridgehead atoms. The van der Waals surface area contributed by atoms with Crippen molar-refractivity contribution in [1.82, 2.24) is 9.80 Å². The fourth-order valence-electron chi connectivity index (χ4n) is 3.05. The fourth-order valence-corrected chi connectivity index (χ4v) is 3.05. The highest BCUT2D eigenvalue weighted by Crippen LogP contribution is 2.19. The lowest BCUT2D eigenvalue weighted by molar-refractivity contribution is -0.132. The van der Waals surface area contributed by atoms with Gasteiger partial charge in [-0.15, -0.1) is 0 Å². The molecule has 0 aromatic heterocycles. The number of benzene rings is 1. The summed E-state index contributed by atoms with van der Waals surface area (Å²) in [6.07, 6.45) is 1.04. The number of hydrogen-bond acceptors (Lipinski definition) is 3. The smallest absolute Gasteiger partial charge is 0.239 e. The number of carbonyl (C=O) groups excluding carboxylic acids is 1. The van der Waals surface area contributed by atoms with Crippen molar-refractivity contribution >= 4 is 5.91 Å². The van der Waals surface area contributed by atoms with Crippen LogP contribution >= 0.6 is 0 Å². The summed E-state index contributed by atoms with van der Waals surface area (Å²) in [7, 11) is 0. The summed E-state index contributed by atoms with van der Waals surface area (Å²) >= 11 is 0. The third-order valence-electron chi connectivity index (χ3n) is 4.63.